The second-order valence-corrected chi connectivity index (χ2v) is 7.53. The molecule has 142 valence electrons. The standard InChI is InChI=1S/C21H21Cl2NO3/c1-13-6-9-17(22)21(20(13)23)24-18(25)12-27-19(26)11-14-7-8-15-4-2-3-5-16(15)10-14/h6-10H,2-5,11-12H2,1H3,(H,24,25). The molecule has 0 aliphatic heterocycles. The van der Waals surface area contributed by atoms with Crippen molar-refractivity contribution in [2.45, 2.75) is 39.0 Å². The van der Waals surface area contributed by atoms with Crippen LogP contribution in [-0.4, -0.2) is 18.5 Å². The van der Waals surface area contributed by atoms with Gasteiger partial charge < -0.3 is 10.1 Å². The molecule has 1 N–H and O–H groups in total. The van der Waals surface area contributed by atoms with Gasteiger partial charge in [-0.15, -0.1) is 0 Å². The number of ether oxygens (including phenoxy) is 1. The highest BCUT2D eigenvalue weighted by Crippen LogP contribution is 2.32. The molecule has 1 aliphatic carbocycles. The van der Waals surface area contributed by atoms with Gasteiger partial charge in [-0.3, -0.25) is 9.59 Å². The number of carbonyl (C=O) groups is 2. The highest BCUT2D eigenvalue weighted by atomic mass is 35.5. The van der Waals surface area contributed by atoms with E-state index >= 15 is 0 Å². The lowest BCUT2D eigenvalue weighted by Crippen LogP contribution is -2.22. The molecule has 4 nitrogen and oxygen atoms in total. The van der Waals surface area contributed by atoms with Crippen LogP contribution in [0.2, 0.25) is 10.0 Å². The fourth-order valence-electron chi connectivity index (χ4n) is 3.21. The van der Waals surface area contributed by atoms with Gasteiger partial charge >= 0.3 is 5.97 Å². The average molecular weight is 406 g/mol. The SMILES string of the molecule is Cc1ccc(Cl)c(NC(=O)COC(=O)Cc2ccc3c(c2)CCCC3)c1Cl. The van der Waals surface area contributed by atoms with E-state index in [0.29, 0.717) is 15.7 Å². The van der Waals surface area contributed by atoms with Crippen molar-refractivity contribution in [3.63, 3.8) is 0 Å². The highest BCUT2D eigenvalue weighted by molar-refractivity contribution is 6.40. The third kappa shape index (κ3) is 5.02. The van der Waals surface area contributed by atoms with E-state index in [1.807, 2.05) is 13.0 Å². The zero-order valence-corrected chi connectivity index (χ0v) is 16.6. The Balaban J connectivity index is 1.53. The van der Waals surface area contributed by atoms with E-state index in [1.165, 1.54) is 24.0 Å². The molecular formula is C21H21Cl2NO3. The van der Waals surface area contributed by atoms with E-state index in [0.717, 1.165) is 24.0 Å². The van der Waals surface area contributed by atoms with Gasteiger partial charge in [-0.2, -0.15) is 0 Å². The van der Waals surface area contributed by atoms with Crippen LogP contribution in [-0.2, 0) is 33.6 Å². The molecule has 0 aromatic heterocycles. The Morgan fingerprint density at radius 3 is 2.59 bits per heavy atom. The Morgan fingerprint density at radius 2 is 1.81 bits per heavy atom. The number of anilines is 1. The van der Waals surface area contributed by atoms with Crippen molar-refractivity contribution in [2.75, 3.05) is 11.9 Å². The van der Waals surface area contributed by atoms with Crippen LogP contribution in [0.15, 0.2) is 30.3 Å². The molecule has 0 heterocycles. The van der Waals surface area contributed by atoms with Crippen LogP contribution in [0.3, 0.4) is 0 Å². The highest BCUT2D eigenvalue weighted by Gasteiger charge is 2.15. The van der Waals surface area contributed by atoms with Crippen LogP contribution in [0.4, 0.5) is 5.69 Å². The van der Waals surface area contributed by atoms with Crippen LogP contribution in [0, 0.1) is 6.92 Å². The normalized spacial score (nSPS) is 13.0. The number of esters is 1. The van der Waals surface area contributed by atoms with E-state index in [1.54, 1.807) is 12.1 Å². The monoisotopic (exact) mass is 405 g/mol. The van der Waals surface area contributed by atoms with Crippen LogP contribution in [0.1, 0.15) is 35.1 Å². The number of halogens is 2. The van der Waals surface area contributed by atoms with Crippen molar-refractivity contribution in [3.8, 4) is 0 Å². The van der Waals surface area contributed by atoms with Crippen molar-refractivity contribution >= 4 is 40.8 Å². The first kappa shape index (κ1) is 19.7. The van der Waals surface area contributed by atoms with Gasteiger partial charge in [0, 0.05) is 0 Å². The Hall–Kier alpha value is -2.04. The molecule has 2 aromatic rings. The summed E-state index contributed by atoms with van der Waals surface area (Å²) in [5, 5.41) is 3.30. The number of rotatable bonds is 5. The average Bonchev–Trinajstić information content (AvgIpc) is 2.66. The molecule has 1 aliphatic rings. The van der Waals surface area contributed by atoms with Crippen molar-refractivity contribution < 1.29 is 14.3 Å². The number of hydrogen-bond acceptors (Lipinski definition) is 3. The number of hydrogen-bond donors (Lipinski definition) is 1. The first-order valence-electron chi connectivity index (χ1n) is 8.95. The first-order chi connectivity index (χ1) is 12.9. The van der Waals surface area contributed by atoms with Crippen molar-refractivity contribution in [1.82, 2.24) is 0 Å². The lowest BCUT2D eigenvalue weighted by Gasteiger charge is -2.16. The largest absolute Gasteiger partial charge is 0.455 e. The first-order valence-corrected chi connectivity index (χ1v) is 9.70. The van der Waals surface area contributed by atoms with E-state index in [4.69, 9.17) is 27.9 Å². The maximum Gasteiger partial charge on any atom is 0.310 e. The second-order valence-electron chi connectivity index (χ2n) is 6.75. The van der Waals surface area contributed by atoms with Gasteiger partial charge in [0.1, 0.15) is 0 Å². The number of amides is 1. The summed E-state index contributed by atoms with van der Waals surface area (Å²) in [4.78, 5) is 24.1. The Kier molecular flexibility index (Phi) is 6.40. The fraction of sp³-hybridized carbons (Fsp3) is 0.333. The second kappa shape index (κ2) is 8.77. The van der Waals surface area contributed by atoms with Gasteiger partial charge in [-0.1, -0.05) is 47.5 Å². The molecule has 0 radical (unpaired) electrons. The van der Waals surface area contributed by atoms with Gasteiger partial charge in [0.2, 0.25) is 0 Å². The summed E-state index contributed by atoms with van der Waals surface area (Å²) in [6.07, 6.45) is 4.71. The maximum atomic E-state index is 12.1. The lowest BCUT2D eigenvalue weighted by atomic mass is 9.90. The molecule has 0 saturated heterocycles. The Bertz CT molecular complexity index is 880. The molecule has 0 unspecified atom stereocenters. The molecule has 27 heavy (non-hydrogen) atoms. The number of benzene rings is 2. The summed E-state index contributed by atoms with van der Waals surface area (Å²) < 4.78 is 5.10. The van der Waals surface area contributed by atoms with E-state index < -0.39 is 11.9 Å². The fourth-order valence-corrected chi connectivity index (χ4v) is 3.67. The minimum absolute atomic E-state index is 0.145. The quantitative estimate of drug-likeness (QED) is 0.719. The molecule has 3 rings (SSSR count). The smallest absolute Gasteiger partial charge is 0.310 e. The van der Waals surface area contributed by atoms with Gasteiger partial charge in [0.05, 0.1) is 22.2 Å². The predicted molar refractivity (Wildman–Crippen MR) is 108 cm³/mol. The topological polar surface area (TPSA) is 55.4 Å². The molecular weight excluding hydrogens is 385 g/mol. The minimum Gasteiger partial charge on any atom is -0.455 e. The zero-order valence-electron chi connectivity index (χ0n) is 15.1. The third-order valence-corrected chi connectivity index (χ3v) is 5.48. The van der Waals surface area contributed by atoms with Gasteiger partial charge in [0.25, 0.3) is 5.91 Å². The van der Waals surface area contributed by atoms with Crippen molar-refractivity contribution in [2.24, 2.45) is 0 Å². The van der Waals surface area contributed by atoms with Crippen LogP contribution in [0.25, 0.3) is 0 Å². The summed E-state index contributed by atoms with van der Waals surface area (Å²) in [5.74, 6) is -0.925. The van der Waals surface area contributed by atoms with Crippen LogP contribution < -0.4 is 5.32 Å². The van der Waals surface area contributed by atoms with Crippen molar-refractivity contribution in [1.29, 1.82) is 0 Å². The van der Waals surface area contributed by atoms with Gasteiger partial charge in [-0.25, -0.2) is 0 Å². The van der Waals surface area contributed by atoms with E-state index in [2.05, 4.69) is 17.4 Å². The third-order valence-electron chi connectivity index (χ3n) is 4.67. The van der Waals surface area contributed by atoms with Gasteiger partial charge in [0.15, 0.2) is 6.61 Å². The van der Waals surface area contributed by atoms with Gasteiger partial charge in [-0.05, 0) is 60.9 Å². The van der Waals surface area contributed by atoms with E-state index in [-0.39, 0.29) is 13.0 Å². The maximum absolute atomic E-state index is 12.1. The molecule has 0 fully saturated rings. The number of carbonyl (C=O) groups excluding carboxylic acids is 2. The van der Waals surface area contributed by atoms with Crippen LogP contribution in [0.5, 0.6) is 0 Å². The van der Waals surface area contributed by atoms with Crippen LogP contribution >= 0.6 is 23.2 Å². The molecule has 1 amide bonds. The Labute approximate surface area is 168 Å². The minimum atomic E-state index is -0.483. The molecule has 0 bridgehead atoms. The molecule has 2 aromatic carbocycles. The molecule has 0 atom stereocenters. The summed E-state index contributed by atoms with van der Waals surface area (Å²) in [7, 11) is 0. The number of fused-ring (bicyclic) bond motifs is 1. The summed E-state index contributed by atoms with van der Waals surface area (Å²) in [6, 6.07) is 9.53. The summed E-state index contributed by atoms with van der Waals surface area (Å²) in [6.45, 7) is 1.43. The summed E-state index contributed by atoms with van der Waals surface area (Å²) >= 11 is 12.2. The number of aryl methyl sites for hydroxylation is 3. The van der Waals surface area contributed by atoms with Crippen molar-refractivity contribution in [3.05, 3.63) is 62.6 Å². The number of nitrogens with one attached hydrogen (secondary N) is 1. The summed E-state index contributed by atoms with van der Waals surface area (Å²) in [5.41, 5.74) is 4.71. The molecule has 0 saturated carbocycles. The zero-order chi connectivity index (χ0) is 19.4. The molecule has 6 heteroatoms. The predicted octanol–water partition coefficient (Wildman–Crippen LogP) is 4.91. The lowest BCUT2D eigenvalue weighted by molar-refractivity contribution is -0.146. The van der Waals surface area contributed by atoms with E-state index in [9.17, 15) is 9.59 Å². The molecule has 0 spiro atoms. The Morgan fingerprint density at radius 1 is 1.07 bits per heavy atom.